The van der Waals surface area contributed by atoms with Crippen molar-refractivity contribution in [2.45, 2.75) is 6.42 Å². The van der Waals surface area contributed by atoms with Crippen LogP contribution in [-0.2, 0) is 11.2 Å². The second kappa shape index (κ2) is 6.71. The van der Waals surface area contributed by atoms with Crippen LogP contribution in [0.5, 0.6) is 5.75 Å². The Morgan fingerprint density at radius 2 is 1.86 bits per heavy atom. The van der Waals surface area contributed by atoms with Crippen LogP contribution in [-0.4, -0.2) is 24.1 Å². The SMILES string of the molecule is COc1ccc(F)cc1NC(=O)Cc1ccc(C(=O)O)cc1. The second-order valence-corrected chi connectivity index (χ2v) is 4.57. The third-order valence-corrected chi connectivity index (χ3v) is 3.00. The predicted molar refractivity (Wildman–Crippen MR) is 78.7 cm³/mol. The minimum Gasteiger partial charge on any atom is -0.495 e. The van der Waals surface area contributed by atoms with Crippen LogP contribution in [0.15, 0.2) is 42.5 Å². The molecule has 2 aromatic carbocycles. The van der Waals surface area contributed by atoms with Gasteiger partial charge in [0.05, 0.1) is 24.8 Å². The molecule has 0 bridgehead atoms. The van der Waals surface area contributed by atoms with Crippen molar-refractivity contribution in [1.29, 1.82) is 0 Å². The lowest BCUT2D eigenvalue weighted by molar-refractivity contribution is -0.115. The highest BCUT2D eigenvalue weighted by atomic mass is 19.1. The van der Waals surface area contributed by atoms with Gasteiger partial charge in [0, 0.05) is 6.07 Å². The van der Waals surface area contributed by atoms with Gasteiger partial charge < -0.3 is 15.2 Å². The van der Waals surface area contributed by atoms with E-state index in [0.29, 0.717) is 11.3 Å². The predicted octanol–water partition coefficient (Wildman–Crippen LogP) is 2.71. The Bertz CT molecular complexity index is 698. The molecule has 6 heteroatoms. The number of aromatic carboxylic acids is 1. The van der Waals surface area contributed by atoms with Crippen LogP contribution in [0.3, 0.4) is 0 Å². The van der Waals surface area contributed by atoms with Gasteiger partial charge in [-0.05, 0) is 29.8 Å². The zero-order chi connectivity index (χ0) is 16.1. The lowest BCUT2D eigenvalue weighted by Gasteiger charge is -2.10. The summed E-state index contributed by atoms with van der Waals surface area (Å²) < 4.78 is 18.3. The van der Waals surface area contributed by atoms with Crippen LogP contribution < -0.4 is 10.1 Å². The Hall–Kier alpha value is -2.89. The maximum absolute atomic E-state index is 13.2. The topological polar surface area (TPSA) is 75.6 Å². The molecule has 0 spiro atoms. The number of carboxylic acids is 1. The van der Waals surface area contributed by atoms with E-state index < -0.39 is 11.8 Å². The first-order valence-electron chi connectivity index (χ1n) is 6.45. The van der Waals surface area contributed by atoms with Crippen molar-refractivity contribution in [3.8, 4) is 5.75 Å². The summed E-state index contributed by atoms with van der Waals surface area (Å²) in [5.74, 6) is -1.51. The minimum atomic E-state index is -1.03. The van der Waals surface area contributed by atoms with Gasteiger partial charge in [0.2, 0.25) is 5.91 Å². The molecule has 0 aliphatic rings. The summed E-state index contributed by atoms with van der Waals surface area (Å²) in [6.07, 6.45) is 0.0412. The molecule has 2 aromatic rings. The normalized spacial score (nSPS) is 10.1. The number of hydrogen-bond acceptors (Lipinski definition) is 3. The molecule has 0 saturated heterocycles. The maximum atomic E-state index is 13.2. The van der Waals surface area contributed by atoms with Crippen LogP contribution in [0.4, 0.5) is 10.1 Å². The molecule has 0 aliphatic heterocycles. The van der Waals surface area contributed by atoms with Gasteiger partial charge in [-0.2, -0.15) is 0 Å². The molecule has 0 fully saturated rings. The Kier molecular flexibility index (Phi) is 4.73. The van der Waals surface area contributed by atoms with E-state index in [0.717, 1.165) is 0 Å². The average Bonchev–Trinajstić information content (AvgIpc) is 2.48. The number of ether oxygens (including phenoxy) is 1. The van der Waals surface area contributed by atoms with Crippen LogP contribution in [0.1, 0.15) is 15.9 Å². The van der Waals surface area contributed by atoms with Crippen molar-refractivity contribution in [2.24, 2.45) is 0 Å². The van der Waals surface area contributed by atoms with E-state index in [1.54, 1.807) is 12.1 Å². The lowest BCUT2D eigenvalue weighted by atomic mass is 10.1. The van der Waals surface area contributed by atoms with E-state index in [4.69, 9.17) is 9.84 Å². The van der Waals surface area contributed by atoms with Crippen LogP contribution in [0.25, 0.3) is 0 Å². The molecule has 0 unspecified atom stereocenters. The number of carbonyl (C=O) groups excluding carboxylic acids is 1. The highest BCUT2D eigenvalue weighted by Crippen LogP contribution is 2.25. The summed E-state index contributed by atoms with van der Waals surface area (Å²) in [6, 6.07) is 9.80. The summed E-state index contributed by atoms with van der Waals surface area (Å²) in [4.78, 5) is 22.7. The summed E-state index contributed by atoms with van der Waals surface area (Å²) in [5.41, 5.74) is 1.04. The van der Waals surface area contributed by atoms with Gasteiger partial charge in [-0.25, -0.2) is 9.18 Å². The van der Waals surface area contributed by atoms with Gasteiger partial charge in [0.1, 0.15) is 11.6 Å². The molecule has 2 rings (SSSR count). The van der Waals surface area contributed by atoms with Crippen molar-refractivity contribution in [3.05, 3.63) is 59.4 Å². The first-order valence-corrected chi connectivity index (χ1v) is 6.45. The number of amides is 1. The fourth-order valence-corrected chi connectivity index (χ4v) is 1.92. The minimum absolute atomic E-state index is 0.0412. The Morgan fingerprint density at radius 1 is 1.18 bits per heavy atom. The first-order chi connectivity index (χ1) is 10.5. The summed E-state index contributed by atoms with van der Waals surface area (Å²) in [6.45, 7) is 0. The Morgan fingerprint density at radius 3 is 2.45 bits per heavy atom. The molecule has 0 aliphatic carbocycles. The molecular weight excluding hydrogens is 289 g/mol. The number of rotatable bonds is 5. The Balaban J connectivity index is 2.07. The van der Waals surface area contributed by atoms with Crippen molar-refractivity contribution in [2.75, 3.05) is 12.4 Å². The van der Waals surface area contributed by atoms with Crippen molar-refractivity contribution < 1.29 is 23.8 Å². The van der Waals surface area contributed by atoms with Gasteiger partial charge in [-0.15, -0.1) is 0 Å². The largest absolute Gasteiger partial charge is 0.495 e. The molecule has 114 valence electrons. The first kappa shape index (κ1) is 15.5. The molecule has 0 aromatic heterocycles. The summed E-state index contributed by atoms with van der Waals surface area (Å²) in [5, 5.41) is 11.4. The molecule has 1 amide bonds. The van der Waals surface area contributed by atoms with Crippen LogP contribution in [0, 0.1) is 5.82 Å². The zero-order valence-corrected chi connectivity index (χ0v) is 11.8. The summed E-state index contributed by atoms with van der Waals surface area (Å²) >= 11 is 0. The van der Waals surface area contributed by atoms with Gasteiger partial charge >= 0.3 is 5.97 Å². The van der Waals surface area contributed by atoms with E-state index in [1.807, 2.05) is 0 Å². The van der Waals surface area contributed by atoms with Gasteiger partial charge in [-0.1, -0.05) is 12.1 Å². The van der Waals surface area contributed by atoms with Gasteiger partial charge in [-0.3, -0.25) is 4.79 Å². The molecule has 22 heavy (non-hydrogen) atoms. The molecular formula is C16H14FNO4. The van der Waals surface area contributed by atoms with Crippen molar-refractivity contribution >= 4 is 17.6 Å². The number of carboxylic acid groups (broad SMARTS) is 1. The fraction of sp³-hybridized carbons (Fsp3) is 0.125. The van der Waals surface area contributed by atoms with E-state index in [1.165, 1.54) is 37.4 Å². The molecule has 0 saturated carbocycles. The molecule has 2 N–H and O–H groups in total. The van der Waals surface area contributed by atoms with E-state index in [2.05, 4.69) is 5.32 Å². The fourth-order valence-electron chi connectivity index (χ4n) is 1.92. The number of hydrogen-bond donors (Lipinski definition) is 2. The molecule has 5 nitrogen and oxygen atoms in total. The van der Waals surface area contributed by atoms with E-state index in [9.17, 15) is 14.0 Å². The molecule has 0 atom stereocenters. The zero-order valence-electron chi connectivity index (χ0n) is 11.8. The number of nitrogens with one attached hydrogen (secondary N) is 1. The van der Waals surface area contributed by atoms with Crippen LogP contribution >= 0.6 is 0 Å². The number of halogens is 1. The molecule has 0 radical (unpaired) electrons. The van der Waals surface area contributed by atoms with E-state index in [-0.39, 0.29) is 23.6 Å². The smallest absolute Gasteiger partial charge is 0.335 e. The van der Waals surface area contributed by atoms with Crippen molar-refractivity contribution in [1.82, 2.24) is 0 Å². The van der Waals surface area contributed by atoms with E-state index >= 15 is 0 Å². The molecule has 0 heterocycles. The monoisotopic (exact) mass is 303 g/mol. The highest BCUT2D eigenvalue weighted by molar-refractivity contribution is 5.94. The Labute approximate surface area is 126 Å². The third-order valence-electron chi connectivity index (χ3n) is 3.00. The van der Waals surface area contributed by atoms with Gasteiger partial charge in [0.25, 0.3) is 0 Å². The highest BCUT2D eigenvalue weighted by Gasteiger charge is 2.10. The second-order valence-electron chi connectivity index (χ2n) is 4.57. The lowest BCUT2D eigenvalue weighted by Crippen LogP contribution is -2.15. The maximum Gasteiger partial charge on any atom is 0.335 e. The number of benzene rings is 2. The number of anilines is 1. The van der Waals surface area contributed by atoms with Crippen LogP contribution in [0.2, 0.25) is 0 Å². The average molecular weight is 303 g/mol. The van der Waals surface area contributed by atoms with Crippen molar-refractivity contribution in [3.63, 3.8) is 0 Å². The summed E-state index contributed by atoms with van der Waals surface area (Å²) in [7, 11) is 1.42. The standard InChI is InChI=1S/C16H14FNO4/c1-22-14-7-6-12(17)9-13(14)18-15(19)8-10-2-4-11(5-3-10)16(20)21/h2-7,9H,8H2,1H3,(H,18,19)(H,20,21). The van der Waals surface area contributed by atoms with Gasteiger partial charge in [0.15, 0.2) is 0 Å². The number of carbonyl (C=O) groups is 2. The quantitative estimate of drug-likeness (QED) is 0.890. The number of methoxy groups -OCH3 is 1. The third kappa shape index (κ3) is 3.82.